The largest absolute Gasteiger partial charge is 0.481 e. The lowest BCUT2D eigenvalue weighted by Gasteiger charge is -2.30. The fourth-order valence-electron chi connectivity index (χ4n) is 3.21. The maximum absolute atomic E-state index is 10.5. The highest BCUT2D eigenvalue weighted by atomic mass is 35.5. The van der Waals surface area contributed by atoms with Gasteiger partial charge in [-0.3, -0.25) is 9.89 Å². The van der Waals surface area contributed by atoms with Crippen molar-refractivity contribution in [2.75, 3.05) is 19.6 Å². The summed E-state index contributed by atoms with van der Waals surface area (Å²) < 4.78 is 0. The van der Waals surface area contributed by atoms with Crippen LogP contribution < -0.4 is 0 Å². The molecule has 0 radical (unpaired) electrons. The van der Waals surface area contributed by atoms with Crippen LogP contribution in [0.5, 0.6) is 0 Å². The highest BCUT2D eigenvalue weighted by Gasteiger charge is 2.23. The van der Waals surface area contributed by atoms with E-state index in [1.54, 1.807) is 0 Å². The minimum absolute atomic E-state index is 0. The number of hydrogen-bond donors (Lipinski definition) is 2. The number of halogens is 1. The van der Waals surface area contributed by atoms with Gasteiger partial charge in [0.05, 0.1) is 0 Å². The van der Waals surface area contributed by atoms with E-state index < -0.39 is 5.97 Å². The fraction of sp³-hybridized carbons (Fsp3) is 0.500. The van der Waals surface area contributed by atoms with Crippen LogP contribution in [0.2, 0.25) is 0 Å². The quantitative estimate of drug-likeness (QED) is 0.736. The summed E-state index contributed by atoms with van der Waals surface area (Å²) in [6.45, 7) is 3.07. The molecule has 0 amide bonds. The number of benzene rings is 1. The number of rotatable bonds is 7. The predicted molar refractivity (Wildman–Crippen MR) is 99.0 cm³/mol. The average Bonchev–Trinajstić information content (AvgIpc) is 3.10. The van der Waals surface area contributed by atoms with Gasteiger partial charge >= 0.3 is 5.97 Å². The number of carbonyl (C=O) groups is 1. The third-order valence-corrected chi connectivity index (χ3v) is 4.62. The Labute approximate surface area is 154 Å². The van der Waals surface area contributed by atoms with Crippen molar-refractivity contribution in [3.8, 4) is 11.4 Å². The molecule has 0 spiro atoms. The summed E-state index contributed by atoms with van der Waals surface area (Å²) in [5.74, 6) is 1.49. The van der Waals surface area contributed by atoms with Crippen LogP contribution >= 0.6 is 12.4 Å². The van der Waals surface area contributed by atoms with E-state index in [2.05, 4.69) is 20.1 Å². The van der Waals surface area contributed by atoms with Crippen molar-refractivity contribution in [2.45, 2.75) is 38.0 Å². The summed E-state index contributed by atoms with van der Waals surface area (Å²) in [5, 5.41) is 16.1. The van der Waals surface area contributed by atoms with Crippen LogP contribution in [0.1, 0.15) is 43.8 Å². The lowest BCUT2D eigenvalue weighted by molar-refractivity contribution is -0.137. The summed E-state index contributed by atoms with van der Waals surface area (Å²) in [5.41, 5.74) is 1.04. The van der Waals surface area contributed by atoms with Crippen LogP contribution in [-0.2, 0) is 4.79 Å². The number of aliphatic carboxylic acids is 1. The van der Waals surface area contributed by atoms with Gasteiger partial charge in [-0.15, -0.1) is 12.4 Å². The molecule has 136 valence electrons. The standard InChI is InChI=1S/C18H24N4O2.ClH/c23-16(24)8-4-5-11-22-12-9-15(10-13-22)18-19-17(20-21-18)14-6-2-1-3-7-14;/h1-3,6-7,15H,4-5,8-13H2,(H,23,24)(H,19,20,21);1H. The number of unbranched alkanes of at least 4 members (excludes halogenated alkanes) is 1. The van der Waals surface area contributed by atoms with E-state index in [4.69, 9.17) is 5.11 Å². The molecule has 2 heterocycles. The lowest BCUT2D eigenvalue weighted by atomic mass is 9.96. The molecule has 1 aliphatic heterocycles. The zero-order valence-corrected chi connectivity index (χ0v) is 15.0. The number of nitrogens with one attached hydrogen (secondary N) is 1. The molecule has 6 nitrogen and oxygen atoms in total. The second-order valence-electron chi connectivity index (χ2n) is 6.38. The molecule has 7 heteroatoms. The monoisotopic (exact) mass is 364 g/mol. The Morgan fingerprint density at radius 2 is 1.92 bits per heavy atom. The van der Waals surface area contributed by atoms with E-state index in [1.165, 1.54) is 0 Å². The number of aromatic nitrogens is 3. The maximum Gasteiger partial charge on any atom is 0.303 e. The Morgan fingerprint density at radius 3 is 2.60 bits per heavy atom. The summed E-state index contributed by atoms with van der Waals surface area (Å²) in [4.78, 5) is 17.6. The van der Waals surface area contributed by atoms with Crippen molar-refractivity contribution >= 4 is 18.4 Å². The summed E-state index contributed by atoms with van der Waals surface area (Å²) in [6.07, 6.45) is 4.14. The van der Waals surface area contributed by atoms with Crippen molar-refractivity contribution in [2.24, 2.45) is 0 Å². The van der Waals surface area contributed by atoms with Gasteiger partial charge in [-0.25, -0.2) is 4.98 Å². The van der Waals surface area contributed by atoms with Gasteiger partial charge in [-0.1, -0.05) is 30.3 Å². The molecule has 1 aliphatic rings. The normalized spacial score (nSPS) is 15.7. The minimum Gasteiger partial charge on any atom is -0.481 e. The molecule has 2 aromatic rings. The van der Waals surface area contributed by atoms with Crippen molar-refractivity contribution in [1.29, 1.82) is 0 Å². The first-order valence-corrected chi connectivity index (χ1v) is 8.64. The van der Waals surface area contributed by atoms with Gasteiger partial charge < -0.3 is 10.0 Å². The maximum atomic E-state index is 10.5. The first kappa shape index (κ1) is 19.4. The second-order valence-corrected chi connectivity index (χ2v) is 6.38. The number of carboxylic acids is 1. The van der Waals surface area contributed by atoms with E-state index in [0.717, 1.165) is 62.5 Å². The van der Waals surface area contributed by atoms with Crippen LogP contribution in [0.3, 0.4) is 0 Å². The Morgan fingerprint density at radius 1 is 1.20 bits per heavy atom. The molecule has 1 saturated heterocycles. The van der Waals surface area contributed by atoms with Crippen molar-refractivity contribution < 1.29 is 9.90 Å². The molecular weight excluding hydrogens is 340 g/mol. The molecule has 1 fully saturated rings. The molecule has 0 atom stereocenters. The van der Waals surface area contributed by atoms with Gasteiger partial charge in [-0.05, 0) is 45.3 Å². The molecular formula is C18H25ClN4O2. The van der Waals surface area contributed by atoms with Gasteiger partial charge in [0.1, 0.15) is 5.82 Å². The highest BCUT2D eigenvalue weighted by Crippen LogP contribution is 2.27. The number of carboxylic acid groups (broad SMARTS) is 1. The van der Waals surface area contributed by atoms with Gasteiger partial charge in [0.2, 0.25) is 0 Å². The van der Waals surface area contributed by atoms with E-state index in [0.29, 0.717) is 5.92 Å². The lowest BCUT2D eigenvalue weighted by Crippen LogP contribution is -2.34. The second kappa shape index (κ2) is 9.53. The molecule has 3 rings (SSSR count). The summed E-state index contributed by atoms with van der Waals surface area (Å²) in [7, 11) is 0. The fourth-order valence-corrected chi connectivity index (χ4v) is 3.21. The Bertz CT molecular complexity index is 654. The zero-order valence-electron chi connectivity index (χ0n) is 14.2. The summed E-state index contributed by atoms with van der Waals surface area (Å²) >= 11 is 0. The Balaban J connectivity index is 0.00000225. The van der Waals surface area contributed by atoms with Gasteiger partial charge in [0.15, 0.2) is 5.82 Å². The number of aromatic amines is 1. The van der Waals surface area contributed by atoms with Crippen LogP contribution in [0.4, 0.5) is 0 Å². The molecule has 0 unspecified atom stereocenters. The van der Waals surface area contributed by atoms with Gasteiger partial charge in [-0.2, -0.15) is 5.10 Å². The summed E-state index contributed by atoms with van der Waals surface area (Å²) in [6, 6.07) is 10.0. The average molecular weight is 365 g/mol. The highest BCUT2D eigenvalue weighted by molar-refractivity contribution is 5.85. The number of nitrogens with zero attached hydrogens (tertiary/aromatic N) is 3. The number of hydrogen-bond acceptors (Lipinski definition) is 4. The smallest absolute Gasteiger partial charge is 0.303 e. The SMILES string of the molecule is Cl.O=C(O)CCCCN1CCC(c2nc(-c3ccccc3)n[nH]2)CC1. The number of piperidine rings is 1. The van der Waals surface area contributed by atoms with Crippen molar-refractivity contribution in [3.05, 3.63) is 36.2 Å². The van der Waals surface area contributed by atoms with E-state index in [1.807, 2.05) is 30.3 Å². The zero-order chi connectivity index (χ0) is 16.8. The van der Waals surface area contributed by atoms with E-state index in [9.17, 15) is 4.79 Å². The molecule has 2 N–H and O–H groups in total. The molecule has 0 saturated carbocycles. The molecule has 25 heavy (non-hydrogen) atoms. The van der Waals surface area contributed by atoms with Gasteiger partial charge in [0, 0.05) is 17.9 Å². The minimum atomic E-state index is -0.701. The van der Waals surface area contributed by atoms with Crippen molar-refractivity contribution in [3.63, 3.8) is 0 Å². The molecule has 0 bridgehead atoms. The van der Waals surface area contributed by atoms with E-state index in [-0.39, 0.29) is 18.8 Å². The van der Waals surface area contributed by atoms with Crippen LogP contribution in [0, 0.1) is 0 Å². The Kier molecular flexibility index (Phi) is 7.40. The molecule has 0 aliphatic carbocycles. The third kappa shape index (κ3) is 5.54. The molecule has 1 aromatic carbocycles. The number of likely N-dealkylation sites (tertiary alicyclic amines) is 1. The molecule has 1 aromatic heterocycles. The topological polar surface area (TPSA) is 82.1 Å². The third-order valence-electron chi connectivity index (χ3n) is 4.62. The van der Waals surface area contributed by atoms with Crippen LogP contribution in [-0.4, -0.2) is 50.8 Å². The predicted octanol–water partition coefficient (Wildman–Crippen LogP) is 3.33. The number of H-pyrrole nitrogens is 1. The van der Waals surface area contributed by atoms with Crippen LogP contribution in [0.25, 0.3) is 11.4 Å². The van der Waals surface area contributed by atoms with E-state index >= 15 is 0 Å². The van der Waals surface area contributed by atoms with Gasteiger partial charge in [0.25, 0.3) is 0 Å². The Hall–Kier alpha value is -1.92. The first-order chi connectivity index (χ1) is 11.7. The van der Waals surface area contributed by atoms with Crippen molar-refractivity contribution in [1.82, 2.24) is 20.1 Å². The van der Waals surface area contributed by atoms with Crippen LogP contribution in [0.15, 0.2) is 30.3 Å². The first-order valence-electron chi connectivity index (χ1n) is 8.64.